The van der Waals surface area contributed by atoms with Crippen molar-refractivity contribution in [1.82, 2.24) is 9.97 Å². The zero-order chi connectivity index (χ0) is 13.8. The molecule has 1 heterocycles. The second-order valence-corrected chi connectivity index (χ2v) is 4.23. The van der Waals surface area contributed by atoms with Crippen LogP contribution in [0.15, 0.2) is 18.2 Å². The Morgan fingerprint density at radius 1 is 1.32 bits per heavy atom. The third kappa shape index (κ3) is 3.12. The number of carbonyl (C=O) groups is 1. The summed E-state index contributed by atoms with van der Waals surface area (Å²) in [6.45, 7) is 2.08. The van der Waals surface area contributed by atoms with Crippen molar-refractivity contribution in [1.29, 1.82) is 0 Å². The van der Waals surface area contributed by atoms with Crippen LogP contribution in [0.1, 0.15) is 12.6 Å². The van der Waals surface area contributed by atoms with Gasteiger partial charge in [0.05, 0.1) is 31.2 Å². The summed E-state index contributed by atoms with van der Waals surface area (Å²) < 4.78 is 10.0. The summed E-state index contributed by atoms with van der Waals surface area (Å²) in [4.78, 5) is 20.2. The number of benzene rings is 1. The molecule has 1 aromatic carbocycles. The largest absolute Gasteiger partial charge is 0.480 e. The maximum absolute atomic E-state index is 11.5. The van der Waals surface area contributed by atoms with E-state index in [1.807, 2.05) is 0 Å². The lowest BCUT2D eigenvalue weighted by Gasteiger charge is -2.08. The van der Waals surface area contributed by atoms with E-state index in [2.05, 4.69) is 9.97 Å². The molecule has 1 aromatic heterocycles. The van der Waals surface area contributed by atoms with Gasteiger partial charge in [0.25, 0.3) is 0 Å². The molecule has 100 valence electrons. The first-order valence-electron chi connectivity index (χ1n) is 5.79. The molecular weight excluding hydrogens is 268 g/mol. The first kappa shape index (κ1) is 13.5. The molecular formula is C13H13ClN2O3. The summed E-state index contributed by atoms with van der Waals surface area (Å²) >= 11 is 5.91. The van der Waals surface area contributed by atoms with Crippen molar-refractivity contribution < 1.29 is 14.3 Å². The number of ether oxygens (including phenoxy) is 2. The third-order valence-corrected chi connectivity index (χ3v) is 2.71. The first-order valence-corrected chi connectivity index (χ1v) is 6.17. The average Bonchev–Trinajstić information content (AvgIpc) is 2.38. The van der Waals surface area contributed by atoms with Gasteiger partial charge in [-0.3, -0.25) is 4.79 Å². The molecule has 0 atom stereocenters. The van der Waals surface area contributed by atoms with Crippen LogP contribution in [-0.4, -0.2) is 29.7 Å². The Balaban J connectivity index is 2.43. The molecule has 0 spiro atoms. The SMILES string of the molecule is CCOC(=O)Cc1nc2cc(Cl)ccc2nc1OC. The second kappa shape index (κ2) is 5.84. The average molecular weight is 281 g/mol. The van der Waals surface area contributed by atoms with Gasteiger partial charge >= 0.3 is 5.97 Å². The fourth-order valence-corrected chi connectivity index (χ4v) is 1.84. The minimum Gasteiger partial charge on any atom is -0.480 e. The van der Waals surface area contributed by atoms with Gasteiger partial charge in [-0.05, 0) is 25.1 Å². The molecule has 0 bridgehead atoms. The monoisotopic (exact) mass is 280 g/mol. The Morgan fingerprint density at radius 3 is 2.79 bits per heavy atom. The number of fused-ring (bicyclic) bond motifs is 1. The Hall–Kier alpha value is -1.88. The van der Waals surface area contributed by atoms with Gasteiger partial charge < -0.3 is 9.47 Å². The van der Waals surface area contributed by atoms with Gasteiger partial charge in [-0.15, -0.1) is 0 Å². The minimum absolute atomic E-state index is 0.0203. The normalized spacial score (nSPS) is 10.5. The quantitative estimate of drug-likeness (QED) is 0.805. The van der Waals surface area contributed by atoms with Crippen LogP contribution in [0.25, 0.3) is 11.0 Å². The van der Waals surface area contributed by atoms with Crippen LogP contribution in [0.4, 0.5) is 0 Å². The van der Waals surface area contributed by atoms with E-state index in [4.69, 9.17) is 21.1 Å². The molecule has 6 heteroatoms. The number of aromatic nitrogens is 2. The van der Waals surface area contributed by atoms with Crippen molar-refractivity contribution in [2.75, 3.05) is 13.7 Å². The van der Waals surface area contributed by atoms with Crippen molar-refractivity contribution in [3.8, 4) is 5.88 Å². The molecule has 0 unspecified atom stereocenters. The molecule has 0 aliphatic carbocycles. The lowest BCUT2D eigenvalue weighted by Crippen LogP contribution is -2.11. The summed E-state index contributed by atoms with van der Waals surface area (Å²) in [5.41, 5.74) is 1.72. The molecule has 0 radical (unpaired) electrons. The number of carbonyl (C=O) groups excluding carboxylic acids is 1. The molecule has 5 nitrogen and oxygen atoms in total. The van der Waals surface area contributed by atoms with E-state index < -0.39 is 0 Å². The summed E-state index contributed by atoms with van der Waals surface area (Å²) in [6.07, 6.45) is 0.0203. The molecule has 19 heavy (non-hydrogen) atoms. The summed E-state index contributed by atoms with van der Waals surface area (Å²) in [6, 6.07) is 5.17. The topological polar surface area (TPSA) is 61.3 Å². The van der Waals surface area contributed by atoms with Crippen LogP contribution < -0.4 is 4.74 Å². The van der Waals surface area contributed by atoms with Gasteiger partial charge in [0, 0.05) is 5.02 Å². The predicted molar refractivity (Wildman–Crippen MR) is 71.4 cm³/mol. The van der Waals surface area contributed by atoms with Crippen molar-refractivity contribution in [3.05, 3.63) is 28.9 Å². The third-order valence-electron chi connectivity index (χ3n) is 2.47. The molecule has 0 saturated carbocycles. The number of halogens is 1. The molecule has 0 aliphatic heterocycles. The van der Waals surface area contributed by atoms with Gasteiger partial charge in [0.15, 0.2) is 0 Å². The molecule has 0 fully saturated rings. The Kier molecular flexibility index (Phi) is 4.16. The van der Waals surface area contributed by atoms with E-state index in [0.29, 0.717) is 34.2 Å². The molecule has 0 N–H and O–H groups in total. The molecule has 0 amide bonds. The molecule has 2 rings (SSSR count). The fraction of sp³-hybridized carbons (Fsp3) is 0.308. The number of esters is 1. The number of hydrogen-bond acceptors (Lipinski definition) is 5. The lowest BCUT2D eigenvalue weighted by atomic mass is 10.2. The van der Waals surface area contributed by atoms with E-state index in [1.165, 1.54) is 7.11 Å². The highest BCUT2D eigenvalue weighted by molar-refractivity contribution is 6.31. The van der Waals surface area contributed by atoms with Crippen molar-refractivity contribution in [3.63, 3.8) is 0 Å². The first-order chi connectivity index (χ1) is 9.13. The smallest absolute Gasteiger partial charge is 0.312 e. The van der Waals surface area contributed by atoms with Crippen molar-refractivity contribution in [2.24, 2.45) is 0 Å². The molecule has 0 saturated heterocycles. The van der Waals surface area contributed by atoms with E-state index >= 15 is 0 Å². The second-order valence-electron chi connectivity index (χ2n) is 3.79. The highest BCUT2D eigenvalue weighted by Crippen LogP contribution is 2.22. The van der Waals surface area contributed by atoms with E-state index in [0.717, 1.165) is 0 Å². The standard InChI is InChI=1S/C13H13ClN2O3/c1-3-19-12(17)7-11-13(18-2)16-9-5-4-8(14)6-10(9)15-11/h4-6H,3,7H2,1-2H3. The van der Waals surface area contributed by atoms with Crippen molar-refractivity contribution in [2.45, 2.75) is 13.3 Å². The zero-order valence-electron chi connectivity index (χ0n) is 10.6. The van der Waals surface area contributed by atoms with Gasteiger partial charge in [-0.1, -0.05) is 11.6 Å². The highest BCUT2D eigenvalue weighted by Gasteiger charge is 2.14. The predicted octanol–water partition coefficient (Wildman–Crippen LogP) is 2.40. The van der Waals surface area contributed by atoms with E-state index in [-0.39, 0.29) is 12.4 Å². The summed E-state index contributed by atoms with van der Waals surface area (Å²) in [7, 11) is 1.49. The maximum Gasteiger partial charge on any atom is 0.312 e. The number of hydrogen-bond donors (Lipinski definition) is 0. The molecule has 2 aromatic rings. The Labute approximate surface area is 115 Å². The van der Waals surface area contributed by atoms with Crippen LogP contribution in [0.3, 0.4) is 0 Å². The van der Waals surface area contributed by atoms with Gasteiger partial charge in [0.2, 0.25) is 5.88 Å². The highest BCUT2D eigenvalue weighted by atomic mass is 35.5. The van der Waals surface area contributed by atoms with Gasteiger partial charge in [-0.25, -0.2) is 9.97 Å². The summed E-state index contributed by atoms with van der Waals surface area (Å²) in [5, 5.41) is 0.564. The Bertz CT molecular complexity index is 616. The summed E-state index contributed by atoms with van der Waals surface area (Å²) in [5.74, 6) is -0.0423. The Morgan fingerprint density at radius 2 is 2.11 bits per heavy atom. The van der Waals surface area contributed by atoms with E-state index in [9.17, 15) is 4.79 Å². The zero-order valence-corrected chi connectivity index (χ0v) is 11.4. The minimum atomic E-state index is -0.364. The van der Waals surface area contributed by atoms with Crippen LogP contribution in [0, 0.1) is 0 Å². The van der Waals surface area contributed by atoms with Crippen LogP contribution in [0.2, 0.25) is 5.02 Å². The molecule has 0 aliphatic rings. The van der Waals surface area contributed by atoms with Crippen LogP contribution in [-0.2, 0) is 16.0 Å². The fourth-order valence-electron chi connectivity index (χ4n) is 1.68. The van der Waals surface area contributed by atoms with Gasteiger partial charge in [-0.2, -0.15) is 0 Å². The number of nitrogens with zero attached hydrogens (tertiary/aromatic N) is 2. The number of rotatable bonds is 4. The number of methoxy groups -OCH3 is 1. The van der Waals surface area contributed by atoms with Crippen LogP contribution in [0.5, 0.6) is 5.88 Å². The van der Waals surface area contributed by atoms with E-state index in [1.54, 1.807) is 25.1 Å². The lowest BCUT2D eigenvalue weighted by molar-refractivity contribution is -0.142. The maximum atomic E-state index is 11.5. The van der Waals surface area contributed by atoms with Crippen molar-refractivity contribution >= 4 is 28.6 Å². The van der Waals surface area contributed by atoms with Crippen LogP contribution >= 0.6 is 11.6 Å². The van der Waals surface area contributed by atoms with Gasteiger partial charge in [0.1, 0.15) is 5.69 Å².